The van der Waals surface area contributed by atoms with Crippen LogP contribution in [0.25, 0.3) is 22.6 Å². The van der Waals surface area contributed by atoms with Gasteiger partial charge in [0.15, 0.2) is 17.2 Å². The number of nitriles is 1. The quantitative estimate of drug-likeness (QED) is 0.190. The van der Waals surface area contributed by atoms with Gasteiger partial charge in [-0.15, -0.1) is 11.3 Å². The Bertz CT molecular complexity index is 1930. The Kier molecular flexibility index (Phi) is 7.79. The van der Waals surface area contributed by atoms with Gasteiger partial charge in [-0.3, -0.25) is 4.79 Å². The molecule has 0 saturated carbocycles. The van der Waals surface area contributed by atoms with Gasteiger partial charge >= 0.3 is 0 Å². The van der Waals surface area contributed by atoms with E-state index < -0.39 is 0 Å². The second-order valence-electron chi connectivity index (χ2n) is 12.2. The SMILES string of the molecule is CCCc1sc(N(F)Cc2ccc[nH]2)c(C#N)c1C1CCCc2c(-c3nc4c(cnn4[C@@H](C)C4CCCN4C)c(=O)[nH]3)noc21. The lowest BCUT2D eigenvalue weighted by molar-refractivity contribution is 0.232. The summed E-state index contributed by atoms with van der Waals surface area (Å²) in [5, 5.41) is 20.8. The lowest BCUT2D eigenvalue weighted by Crippen LogP contribution is -2.33. The fourth-order valence-electron chi connectivity index (χ4n) is 7.19. The number of H-pyrrole nitrogens is 2. The van der Waals surface area contributed by atoms with Crippen LogP contribution in [0, 0.1) is 11.3 Å². The zero-order chi connectivity index (χ0) is 31.2. The number of aryl methyl sites for hydroxylation is 1. The van der Waals surface area contributed by atoms with Gasteiger partial charge in [-0.05, 0) is 76.7 Å². The Morgan fingerprint density at radius 3 is 2.93 bits per heavy atom. The number of aromatic amines is 2. The van der Waals surface area contributed by atoms with Crippen molar-refractivity contribution in [2.75, 3.05) is 18.7 Å². The van der Waals surface area contributed by atoms with Crippen LogP contribution in [-0.4, -0.2) is 54.4 Å². The molecule has 0 aromatic carbocycles. The average Bonchev–Trinajstić information content (AvgIpc) is 3.87. The number of nitrogens with one attached hydrogen (secondary N) is 2. The van der Waals surface area contributed by atoms with Crippen molar-refractivity contribution in [3.63, 3.8) is 0 Å². The highest BCUT2D eigenvalue weighted by molar-refractivity contribution is 7.16. The lowest BCUT2D eigenvalue weighted by atomic mass is 9.81. The molecule has 13 heteroatoms. The van der Waals surface area contributed by atoms with E-state index in [0.717, 1.165) is 66.8 Å². The van der Waals surface area contributed by atoms with Gasteiger partial charge in [0, 0.05) is 34.3 Å². The molecule has 5 aromatic rings. The number of hydrogen-bond acceptors (Lipinski definition) is 9. The third kappa shape index (κ3) is 5.06. The molecule has 6 heterocycles. The highest BCUT2D eigenvalue weighted by Gasteiger charge is 2.36. The first-order valence-corrected chi connectivity index (χ1v) is 16.5. The number of nitrogens with zero attached hydrogens (tertiary/aromatic N) is 7. The molecule has 1 aliphatic heterocycles. The minimum Gasteiger partial charge on any atom is -0.363 e. The molecular weight excluding hydrogens is 593 g/mol. The van der Waals surface area contributed by atoms with E-state index in [1.165, 1.54) is 11.3 Å². The fraction of sp³-hybridized carbons (Fsp3) is 0.469. The Morgan fingerprint density at radius 2 is 2.20 bits per heavy atom. The van der Waals surface area contributed by atoms with Crippen molar-refractivity contribution in [2.24, 2.45) is 0 Å². The molecule has 3 atom stereocenters. The van der Waals surface area contributed by atoms with Crippen LogP contribution in [0.1, 0.15) is 90.9 Å². The van der Waals surface area contributed by atoms with Gasteiger partial charge in [-0.25, -0.2) is 9.67 Å². The molecule has 1 saturated heterocycles. The van der Waals surface area contributed by atoms with Crippen molar-refractivity contribution in [3.8, 4) is 17.6 Å². The number of thiophene rings is 1. The summed E-state index contributed by atoms with van der Waals surface area (Å²) in [4.78, 5) is 27.4. The van der Waals surface area contributed by atoms with Crippen molar-refractivity contribution >= 4 is 27.4 Å². The lowest BCUT2D eigenvalue weighted by Gasteiger charge is -2.26. The molecule has 11 nitrogen and oxygen atoms in total. The normalized spacial score (nSPS) is 19.2. The monoisotopic (exact) mass is 629 g/mol. The number of anilines is 1. The van der Waals surface area contributed by atoms with E-state index in [1.807, 2.05) is 16.8 Å². The van der Waals surface area contributed by atoms with Gasteiger partial charge < -0.3 is 19.4 Å². The highest BCUT2D eigenvalue weighted by atomic mass is 32.1. The Morgan fingerprint density at radius 1 is 1.33 bits per heavy atom. The van der Waals surface area contributed by atoms with Crippen molar-refractivity contribution in [1.82, 2.24) is 34.8 Å². The summed E-state index contributed by atoms with van der Waals surface area (Å²) in [6, 6.07) is 6.31. The molecule has 2 unspecified atom stereocenters. The number of rotatable bonds is 9. The van der Waals surface area contributed by atoms with E-state index in [1.54, 1.807) is 12.4 Å². The van der Waals surface area contributed by atoms with Crippen LogP contribution in [0.5, 0.6) is 0 Å². The zero-order valence-electron chi connectivity index (χ0n) is 25.6. The van der Waals surface area contributed by atoms with E-state index in [4.69, 9.17) is 9.51 Å². The minimum atomic E-state index is -0.276. The number of halogens is 1. The summed E-state index contributed by atoms with van der Waals surface area (Å²) in [6.07, 6.45) is 9.38. The second-order valence-corrected chi connectivity index (χ2v) is 13.3. The largest absolute Gasteiger partial charge is 0.363 e. The number of fused-ring (bicyclic) bond motifs is 2. The van der Waals surface area contributed by atoms with E-state index in [0.29, 0.717) is 56.5 Å². The summed E-state index contributed by atoms with van der Waals surface area (Å²) in [6.45, 7) is 5.25. The van der Waals surface area contributed by atoms with Crippen LogP contribution in [0.3, 0.4) is 0 Å². The van der Waals surface area contributed by atoms with Crippen LogP contribution in [0.4, 0.5) is 9.48 Å². The fourth-order valence-corrected chi connectivity index (χ4v) is 8.51. The van der Waals surface area contributed by atoms with Crippen LogP contribution >= 0.6 is 11.3 Å². The molecule has 0 bridgehead atoms. The van der Waals surface area contributed by atoms with Gasteiger partial charge in [0.05, 0.1) is 24.3 Å². The second kappa shape index (κ2) is 11.9. The molecule has 0 spiro atoms. The smallest absolute Gasteiger partial charge is 0.262 e. The summed E-state index contributed by atoms with van der Waals surface area (Å²) < 4.78 is 23.5. The molecule has 2 N–H and O–H groups in total. The van der Waals surface area contributed by atoms with Crippen LogP contribution in [-0.2, 0) is 19.4 Å². The summed E-state index contributed by atoms with van der Waals surface area (Å²) in [5.41, 5.74) is 3.50. The molecule has 7 rings (SSSR count). The minimum absolute atomic E-state index is 0.0172. The molecule has 1 aliphatic carbocycles. The van der Waals surface area contributed by atoms with Crippen molar-refractivity contribution in [1.29, 1.82) is 5.26 Å². The molecule has 2 aliphatic rings. The maximum Gasteiger partial charge on any atom is 0.262 e. The zero-order valence-corrected chi connectivity index (χ0v) is 26.5. The molecule has 234 valence electrons. The van der Waals surface area contributed by atoms with Crippen molar-refractivity contribution in [3.05, 3.63) is 67.9 Å². The topological polar surface area (TPSA) is 136 Å². The molecule has 5 aromatic heterocycles. The van der Waals surface area contributed by atoms with E-state index in [-0.39, 0.29) is 24.1 Å². The van der Waals surface area contributed by atoms with Crippen molar-refractivity contribution in [2.45, 2.75) is 83.3 Å². The number of aromatic nitrogens is 6. The van der Waals surface area contributed by atoms with Gasteiger partial charge in [0.2, 0.25) is 0 Å². The van der Waals surface area contributed by atoms with E-state index >= 15 is 4.48 Å². The van der Waals surface area contributed by atoms with E-state index in [2.05, 4.69) is 52.1 Å². The van der Waals surface area contributed by atoms with Crippen LogP contribution < -0.4 is 10.7 Å². The molecular formula is C32H36FN9O2S. The van der Waals surface area contributed by atoms with Gasteiger partial charge in [0.25, 0.3) is 5.56 Å². The predicted molar refractivity (Wildman–Crippen MR) is 170 cm³/mol. The third-order valence-corrected chi connectivity index (χ3v) is 10.7. The Labute approximate surface area is 263 Å². The first-order valence-electron chi connectivity index (χ1n) is 15.7. The number of hydrogen-bond donors (Lipinski definition) is 2. The first kappa shape index (κ1) is 29.4. The van der Waals surface area contributed by atoms with Gasteiger partial charge in [-0.1, -0.05) is 23.0 Å². The Balaban J connectivity index is 1.28. The van der Waals surface area contributed by atoms with Crippen LogP contribution in [0.15, 0.2) is 33.8 Å². The maximum absolute atomic E-state index is 15.6. The van der Waals surface area contributed by atoms with Gasteiger partial charge in [-0.2, -0.15) is 15.5 Å². The Hall–Kier alpha value is -4.28. The summed E-state index contributed by atoms with van der Waals surface area (Å²) in [7, 11) is 2.12. The molecule has 0 radical (unpaired) electrons. The first-order chi connectivity index (χ1) is 21.9. The molecule has 0 amide bonds. The molecule has 45 heavy (non-hydrogen) atoms. The predicted octanol–water partition coefficient (Wildman–Crippen LogP) is 6.00. The van der Waals surface area contributed by atoms with Crippen LogP contribution in [0.2, 0.25) is 0 Å². The summed E-state index contributed by atoms with van der Waals surface area (Å²) >= 11 is 1.34. The third-order valence-electron chi connectivity index (χ3n) is 9.39. The van der Waals surface area contributed by atoms with E-state index in [9.17, 15) is 10.1 Å². The van der Waals surface area contributed by atoms with Gasteiger partial charge in [0.1, 0.15) is 22.2 Å². The number of likely N-dealkylation sites (tertiary alicyclic amines) is 1. The molecule has 1 fully saturated rings. The van der Waals surface area contributed by atoms with Crippen molar-refractivity contribution < 1.29 is 9.00 Å². The standard InChI is InChI=1S/C32H36FN9O2S/c1-4-8-25-26(22(15-34)32(45-25)41(33)17-19-9-6-13-35-19)20-10-5-11-21-27(39-44-28(20)21)29-37-30-23(31(43)38-29)16-36-42(30)18(2)24-12-7-14-40(24)3/h6,9,13,16,18,20,24,35H,4-5,7-8,10-12,14,17H2,1-3H3,(H,37,38,43)/t18-,20?,24?/m0/s1. The highest BCUT2D eigenvalue weighted by Crippen LogP contribution is 2.48. The maximum atomic E-state index is 15.6. The summed E-state index contributed by atoms with van der Waals surface area (Å²) in [5.74, 6) is 0.739. The average molecular weight is 630 g/mol. The number of likely N-dealkylation sites (N-methyl/N-ethyl adjacent to an activating group) is 1.